The van der Waals surface area contributed by atoms with Crippen LogP contribution in [-0.2, 0) is 13.0 Å². The number of hydrogen-bond donors (Lipinski definition) is 2. The highest BCUT2D eigenvalue weighted by Crippen LogP contribution is 2.50. The number of piperidine rings is 1. The van der Waals surface area contributed by atoms with Crippen LogP contribution in [0.25, 0.3) is 16.8 Å². The first-order valence-corrected chi connectivity index (χ1v) is 12.6. The van der Waals surface area contributed by atoms with Crippen molar-refractivity contribution in [3.05, 3.63) is 75.3 Å². The molecule has 1 saturated heterocycles. The maximum Gasteiger partial charge on any atom is 0.170 e. The summed E-state index contributed by atoms with van der Waals surface area (Å²) in [5, 5.41) is 19.8. The number of aromatic nitrogens is 4. The molecule has 0 amide bonds. The molecule has 3 aromatic heterocycles. The molecule has 0 radical (unpaired) electrons. The first-order valence-electron chi connectivity index (χ1n) is 11.8. The highest BCUT2D eigenvalue weighted by molar-refractivity contribution is 6.43. The molecule has 1 aliphatic heterocycles. The van der Waals surface area contributed by atoms with Crippen LogP contribution in [0.2, 0.25) is 10.0 Å². The lowest BCUT2D eigenvalue weighted by atomic mass is 9.73. The number of halogens is 2. The number of benzene rings is 1. The Bertz CT molecular complexity index is 1440. The van der Waals surface area contributed by atoms with Crippen LogP contribution in [0.1, 0.15) is 41.5 Å². The second-order valence-corrected chi connectivity index (χ2v) is 10.4. The van der Waals surface area contributed by atoms with Crippen LogP contribution in [-0.4, -0.2) is 37.8 Å². The summed E-state index contributed by atoms with van der Waals surface area (Å²) in [6.45, 7) is 3.51. The molecule has 1 aliphatic carbocycles. The molecule has 35 heavy (non-hydrogen) atoms. The second-order valence-electron chi connectivity index (χ2n) is 9.64. The van der Waals surface area contributed by atoms with E-state index in [9.17, 15) is 5.11 Å². The molecule has 180 valence electrons. The Balaban J connectivity index is 1.39. The fraction of sp³-hybridized carbons (Fsp3) is 0.346. The first-order chi connectivity index (χ1) is 16.9. The molecule has 9 heteroatoms. The molecule has 1 fully saturated rings. The van der Waals surface area contributed by atoms with Crippen molar-refractivity contribution in [2.45, 2.75) is 38.8 Å². The minimum Gasteiger partial charge on any atom is -0.388 e. The molecule has 1 aromatic carbocycles. The van der Waals surface area contributed by atoms with Gasteiger partial charge in [0.05, 0.1) is 10.0 Å². The van der Waals surface area contributed by atoms with Crippen LogP contribution < -0.4 is 10.6 Å². The lowest BCUT2D eigenvalue weighted by Crippen LogP contribution is -2.45. The topological polar surface area (TPSA) is 92.6 Å². The third kappa shape index (κ3) is 3.44. The van der Waals surface area contributed by atoms with E-state index in [2.05, 4.69) is 32.2 Å². The van der Waals surface area contributed by atoms with Crippen LogP contribution in [0.5, 0.6) is 0 Å². The molecule has 4 heterocycles. The molecule has 1 atom stereocenters. The van der Waals surface area contributed by atoms with Gasteiger partial charge in [-0.2, -0.15) is 0 Å². The summed E-state index contributed by atoms with van der Waals surface area (Å²) in [6, 6.07) is 11.8. The van der Waals surface area contributed by atoms with Crippen LogP contribution in [0, 0.1) is 12.3 Å². The van der Waals surface area contributed by atoms with E-state index in [4.69, 9.17) is 28.9 Å². The quantitative estimate of drug-likeness (QED) is 0.415. The Labute approximate surface area is 213 Å². The molecular formula is C26H26Cl2N6O. The van der Waals surface area contributed by atoms with Gasteiger partial charge in [0.2, 0.25) is 0 Å². The summed E-state index contributed by atoms with van der Waals surface area (Å²) in [5.74, 6) is 1.45. The zero-order valence-corrected chi connectivity index (χ0v) is 20.9. The fourth-order valence-electron chi connectivity index (χ4n) is 5.91. The third-order valence-corrected chi connectivity index (χ3v) is 8.63. The van der Waals surface area contributed by atoms with E-state index in [1.54, 1.807) is 6.07 Å². The smallest absolute Gasteiger partial charge is 0.170 e. The average molecular weight is 509 g/mol. The van der Waals surface area contributed by atoms with Gasteiger partial charge in [-0.05, 0) is 60.9 Å². The van der Waals surface area contributed by atoms with Crippen molar-refractivity contribution in [2.75, 3.05) is 18.0 Å². The maximum absolute atomic E-state index is 10.1. The van der Waals surface area contributed by atoms with E-state index in [0.29, 0.717) is 21.5 Å². The van der Waals surface area contributed by atoms with Gasteiger partial charge in [0.25, 0.3) is 0 Å². The van der Waals surface area contributed by atoms with E-state index in [-0.39, 0.29) is 18.1 Å². The molecule has 4 aromatic rings. The van der Waals surface area contributed by atoms with Gasteiger partial charge in [0, 0.05) is 42.1 Å². The van der Waals surface area contributed by atoms with Gasteiger partial charge in [-0.3, -0.25) is 9.38 Å². The average Bonchev–Trinajstić information content (AvgIpc) is 3.41. The largest absolute Gasteiger partial charge is 0.388 e. The monoisotopic (exact) mass is 508 g/mol. The molecule has 2 aliphatic rings. The summed E-state index contributed by atoms with van der Waals surface area (Å²) < 4.78 is 1.95. The molecule has 6 rings (SSSR count). The number of fused-ring (bicyclic) bond motifs is 2. The van der Waals surface area contributed by atoms with Gasteiger partial charge < -0.3 is 15.7 Å². The molecule has 0 bridgehead atoms. The number of pyridine rings is 2. The fourth-order valence-corrected chi connectivity index (χ4v) is 6.31. The Hall–Kier alpha value is -2.71. The number of aryl methyl sites for hydroxylation is 1. The summed E-state index contributed by atoms with van der Waals surface area (Å²) in [6.07, 6.45) is 4.70. The van der Waals surface area contributed by atoms with Gasteiger partial charge in [-0.15, -0.1) is 10.2 Å². The molecule has 0 unspecified atom stereocenters. The van der Waals surface area contributed by atoms with E-state index >= 15 is 0 Å². The van der Waals surface area contributed by atoms with Crippen molar-refractivity contribution in [3.63, 3.8) is 0 Å². The lowest BCUT2D eigenvalue weighted by Gasteiger charge is -2.43. The van der Waals surface area contributed by atoms with Gasteiger partial charge in [-0.1, -0.05) is 41.4 Å². The van der Waals surface area contributed by atoms with Gasteiger partial charge in [-0.25, -0.2) is 0 Å². The van der Waals surface area contributed by atoms with Gasteiger partial charge in [0.1, 0.15) is 12.4 Å². The van der Waals surface area contributed by atoms with Crippen LogP contribution in [0.3, 0.4) is 0 Å². The van der Waals surface area contributed by atoms with Crippen LogP contribution in [0.15, 0.2) is 42.6 Å². The third-order valence-electron chi connectivity index (χ3n) is 7.81. The summed E-state index contributed by atoms with van der Waals surface area (Å²) in [5.41, 5.74) is 12.4. The van der Waals surface area contributed by atoms with Crippen molar-refractivity contribution >= 4 is 34.7 Å². The Morgan fingerprint density at radius 2 is 1.94 bits per heavy atom. The van der Waals surface area contributed by atoms with E-state index in [1.807, 2.05) is 35.7 Å². The number of aliphatic hydroxyl groups is 1. The standard InChI is InChI=1S/C26H26Cl2N6O/c1-15-12-21(33-10-7-26(8-11-33)13-19-16(24(26)29)5-3-9-30-19)34-20(14-35)31-32-25(34)22(15)17-4-2-6-18(27)23(17)28/h2-6,9,12,24,35H,7-8,10-11,13-14,29H2,1H3/t24-/m1/s1. The summed E-state index contributed by atoms with van der Waals surface area (Å²) >= 11 is 12.9. The first kappa shape index (κ1) is 22.7. The molecule has 3 N–H and O–H groups in total. The van der Waals surface area contributed by atoms with Crippen molar-refractivity contribution in [1.82, 2.24) is 19.6 Å². The highest BCUT2D eigenvalue weighted by atomic mass is 35.5. The minimum absolute atomic E-state index is 0.00497. The molecule has 7 nitrogen and oxygen atoms in total. The Morgan fingerprint density at radius 1 is 1.14 bits per heavy atom. The Morgan fingerprint density at radius 3 is 2.69 bits per heavy atom. The molecular weight excluding hydrogens is 483 g/mol. The zero-order valence-electron chi connectivity index (χ0n) is 19.4. The highest BCUT2D eigenvalue weighted by Gasteiger charge is 2.46. The van der Waals surface area contributed by atoms with E-state index < -0.39 is 0 Å². The number of nitrogens with two attached hydrogens (primary N) is 1. The summed E-state index contributed by atoms with van der Waals surface area (Å²) in [7, 11) is 0. The predicted octanol–water partition coefficient (Wildman–Crippen LogP) is 4.74. The summed E-state index contributed by atoms with van der Waals surface area (Å²) in [4.78, 5) is 6.94. The molecule has 1 spiro atoms. The second kappa shape index (κ2) is 8.45. The van der Waals surface area contributed by atoms with Crippen molar-refractivity contribution in [2.24, 2.45) is 11.1 Å². The zero-order chi connectivity index (χ0) is 24.3. The Kier molecular flexibility index (Phi) is 5.49. The number of rotatable bonds is 3. The van der Waals surface area contributed by atoms with Crippen molar-refractivity contribution in [3.8, 4) is 11.1 Å². The minimum atomic E-state index is -0.219. The number of anilines is 1. The van der Waals surface area contributed by atoms with Crippen LogP contribution >= 0.6 is 23.2 Å². The van der Waals surface area contributed by atoms with Crippen molar-refractivity contribution in [1.29, 1.82) is 0 Å². The van der Waals surface area contributed by atoms with Crippen molar-refractivity contribution < 1.29 is 5.11 Å². The van der Waals surface area contributed by atoms with Crippen LogP contribution in [0.4, 0.5) is 5.82 Å². The number of nitrogens with zero attached hydrogens (tertiary/aromatic N) is 5. The normalized spacial score (nSPS) is 19.0. The van der Waals surface area contributed by atoms with Gasteiger partial charge >= 0.3 is 0 Å². The molecule has 0 saturated carbocycles. The van der Waals surface area contributed by atoms with E-state index in [0.717, 1.165) is 60.6 Å². The number of hydrogen-bond acceptors (Lipinski definition) is 6. The lowest BCUT2D eigenvalue weighted by molar-refractivity contribution is 0.186. The predicted molar refractivity (Wildman–Crippen MR) is 138 cm³/mol. The SMILES string of the molecule is Cc1cc(N2CCC3(CC2)Cc2ncccc2[C@H]3N)n2c(CO)nnc2c1-c1cccc(Cl)c1Cl. The maximum atomic E-state index is 10.1. The number of aliphatic hydroxyl groups excluding tert-OH is 1. The van der Waals surface area contributed by atoms with E-state index in [1.165, 1.54) is 5.56 Å². The van der Waals surface area contributed by atoms with Gasteiger partial charge in [0.15, 0.2) is 11.5 Å².